The van der Waals surface area contributed by atoms with Crippen LogP contribution in [0.4, 0.5) is 0 Å². The van der Waals surface area contributed by atoms with Crippen molar-refractivity contribution in [2.24, 2.45) is 0 Å². The number of piperidine rings is 1. The van der Waals surface area contributed by atoms with E-state index in [0.29, 0.717) is 5.69 Å². The summed E-state index contributed by atoms with van der Waals surface area (Å²) >= 11 is 0. The predicted molar refractivity (Wildman–Crippen MR) is 116 cm³/mol. The molecule has 7 heteroatoms. The van der Waals surface area contributed by atoms with Crippen molar-refractivity contribution in [1.29, 1.82) is 0 Å². The first-order valence-electron chi connectivity index (χ1n) is 9.56. The number of benzene rings is 2. The predicted octanol–water partition coefficient (Wildman–Crippen LogP) is 3.45. The lowest BCUT2D eigenvalue weighted by Gasteiger charge is -2.23. The maximum Gasteiger partial charge on any atom is 0.272 e. The summed E-state index contributed by atoms with van der Waals surface area (Å²) in [7, 11) is 1.64. The Hall–Kier alpha value is -2.83. The van der Waals surface area contributed by atoms with E-state index >= 15 is 0 Å². The Morgan fingerprint density at radius 1 is 1.17 bits per heavy atom. The van der Waals surface area contributed by atoms with Crippen molar-refractivity contribution in [3.05, 3.63) is 66.4 Å². The molecule has 3 aromatic rings. The summed E-state index contributed by atoms with van der Waals surface area (Å²) in [5, 5.41) is 11.0. The lowest BCUT2D eigenvalue weighted by molar-refractivity contribution is 0.0925. The summed E-state index contributed by atoms with van der Waals surface area (Å²) in [6.45, 7) is 1.81. The molecular formula is C22H25ClN4O2. The van der Waals surface area contributed by atoms with Crippen LogP contribution in [0.3, 0.4) is 0 Å². The molecule has 0 radical (unpaired) electrons. The number of rotatable bonds is 5. The molecule has 1 aliphatic heterocycles. The van der Waals surface area contributed by atoms with E-state index in [1.54, 1.807) is 7.11 Å². The second-order valence-corrected chi connectivity index (χ2v) is 6.91. The minimum Gasteiger partial charge on any atom is -0.497 e. The molecule has 1 aliphatic rings. The lowest BCUT2D eigenvalue weighted by Crippen LogP contribution is -2.45. The Kier molecular flexibility index (Phi) is 6.90. The van der Waals surface area contributed by atoms with Crippen molar-refractivity contribution < 1.29 is 9.53 Å². The second-order valence-electron chi connectivity index (χ2n) is 6.91. The average Bonchev–Trinajstić information content (AvgIpc) is 3.21. The first kappa shape index (κ1) is 20.9. The van der Waals surface area contributed by atoms with Gasteiger partial charge in [-0.3, -0.25) is 4.79 Å². The van der Waals surface area contributed by atoms with Crippen LogP contribution in [0.15, 0.2) is 60.7 Å². The molecule has 0 bridgehead atoms. The molecule has 0 spiro atoms. The van der Waals surface area contributed by atoms with Crippen molar-refractivity contribution in [2.45, 2.75) is 18.9 Å². The number of halogens is 1. The molecule has 1 atom stereocenters. The van der Waals surface area contributed by atoms with E-state index in [1.807, 2.05) is 65.3 Å². The molecular weight excluding hydrogens is 388 g/mol. The Morgan fingerprint density at radius 2 is 1.93 bits per heavy atom. The lowest BCUT2D eigenvalue weighted by atomic mass is 10.1. The van der Waals surface area contributed by atoms with Crippen LogP contribution in [0.25, 0.3) is 16.9 Å². The normalized spacial score (nSPS) is 16.0. The molecule has 0 aliphatic carbocycles. The quantitative estimate of drug-likeness (QED) is 0.673. The minimum atomic E-state index is -0.141. The molecule has 1 fully saturated rings. The summed E-state index contributed by atoms with van der Waals surface area (Å²) in [5.41, 5.74) is 3.16. The molecule has 1 aromatic heterocycles. The van der Waals surface area contributed by atoms with Crippen molar-refractivity contribution >= 4 is 18.3 Å². The van der Waals surface area contributed by atoms with Gasteiger partial charge in [-0.05, 0) is 61.9 Å². The van der Waals surface area contributed by atoms with Crippen LogP contribution < -0.4 is 15.4 Å². The number of nitrogens with zero attached hydrogens (tertiary/aromatic N) is 2. The Balaban J connectivity index is 0.00000240. The summed E-state index contributed by atoms with van der Waals surface area (Å²) < 4.78 is 7.07. The molecule has 2 aromatic carbocycles. The van der Waals surface area contributed by atoms with Crippen molar-refractivity contribution in [3.8, 4) is 22.7 Å². The van der Waals surface area contributed by atoms with Gasteiger partial charge in [0.2, 0.25) is 0 Å². The van der Waals surface area contributed by atoms with Crippen LogP contribution in [-0.4, -0.2) is 41.9 Å². The summed E-state index contributed by atoms with van der Waals surface area (Å²) in [5.74, 6) is 0.649. The SMILES string of the molecule is COc1ccc(-c2cc(C(=O)NC3CCCNC3)nn2-c2ccccc2)cc1.Cl. The number of methoxy groups -OCH3 is 1. The van der Waals surface area contributed by atoms with E-state index in [-0.39, 0.29) is 24.4 Å². The van der Waals surface area contributed by atoms with Crippen LogP contribution in [0.5, 0.6) is 5.75 Å². The third-order valence-corrected chi connectivity index (χ3v) is 4.96. The van der Waals surface area contributed by atoms with Gasteiger partial charge in [-0.15, -0.1) is 12.4 Å². The standard InChI is InChI=1S/C22H24N4O2.ClH/c1-28-19-11-9-16(10-12-19)21-14-20(22(27)24-17-6-5-13-23-15-17)25-26(21)18-7-3-2-4-8-18;/h2-4,7-12,14,17,23H,5-6,13,15H2,1H3,(H,24,27);1H. The van der Waals surface area contributed by atoms with Crippen LogP contribution in [-0.2, 0) is 0 Å². The topological polar surface area (TPSA) is 68.2 Å². The number of hydrogen-bond donors (Lipinski definition) is 2. The maximum atomic E-state index is 12.8. The highest BCUT2D eigenvalue weighted by molar-refractivity contribution is 5.93. The number of carbonyl (C=O) groups excluding carboxylic acids is 1. The van der Waals surface area contributed by atoms with Crippen molar-refractivity contribution in [1.82, 2.24) is 20.4 Å². The molecule has 0 saturated carbocycles. The van der Waals surface area contributed by atoms with Gasteiger partial charge >= 0.3 is 0 Å². The van der Waals surface area contributed by atoms with E-state index in [0.717, 1.165) is 48.6 Å². The Bertz CT molecular complexity index is 935. The summed E-state index contributed by atoms with van der Waals surface area (Å²) in [4.78, 5) is 12.8. The van der Waals surface area contributed by atoms with Crippen LogP contribution in [0, 0.1) is 0 Å². The second kappa shape index (κ2) is 9.58. The smallest absolute Gasteiger partial charge is 0.272 e. The fraction of sp³-hybridized carbons (Fsp3) is 0.273. The number of hydrogen-bond acceptors (Lipinski definition) is 4. The van der Waals surface area contributed by atoms with Gasteiger partial charge in [-0.25, -0.2) is 4.68 Å². The van der Waals surface area contributed by atoms with Gasteiger partial charge in [-0.1, -0.05) is 18.2 Å². The van der Waals surface area contributed by atoms with Crippen LogP contribution >= 0.6 is 12.4 Å². The third kappa shape index (κ3) is 4.78. The van der Waals surface area contributed by atoms with Gasteiger partial charge in [0.15, 0.2) is 5.69 Å². The minimum absolute atomic E-state index is 0. The van der Waals surface area contributed by atoms with Crippen LogP contribution in [0.1, 0.15) is 23.3 Å². The highest BCUT2D eigenvalue weighted by atomic mass is 35.5. The fourth-order valence-corrected chi connectivity index (χ4v) is 3.46. The molecule has 2 N–H and O–H groups in total. The van der Waals surface area contributed by atoms with Crippen LogP contribution in [0.2, 0.25) is 0 Å². The van der Waals surface area contributed by atoms with E-state index in [1.165, 1.54) is 0 Å². The highest BCUT2D eigenvalue weighted by Gasteiger charge is 2.20. The molecule has 6 nitrogen and oxygen atoms in total. The molecule has 1 amide bonds. The number of amides is 1. The molecule has 4 rings (SSSR count). The monoisotopic (exact) mass is 412 g/mol. The zero-order valence-corrected chi connectivity index (χ0v) is 17.1. The van der Waals surface area contributed by atoms with Gasteiger partial charge in [0.05, 0.1) is 18.5 Å². The number of aromatic nitrogens is 2. The number of carbonyl (C=O) groups is 1. The zero-order chi connectivity index (χ0) is 19.3. The molecule has 152 valence electrons. The van der Waals surface area contributed by atoms with E-state index in [2.05, 4.69) is 15.7 Å². The zero-order valence-electron chi connectivity index (χ0n) is 16.3. The summed E-state index contributed by atoms with van der Waals surface area (Å²) in [6.07, 6.45) is 2.06. The third-order valence-electron chi connectivity index (χ3n) is 4.96. The number of para-hydroxylation sites is 1. The van der Waals surface area contributed by atoms with E-state index in [4.69, 9.17) is 4.74 Å². The van der Waals surface area contributed by atoms with E-state index < -0.39 is 0 Å². The van der Waals surface area contributed by atoms with E-state index in [9.17, 15) is 4.79 Å². The number of nitrogens with one attached hydrogen (secondary N) is 2. The average molecular weight is 413 g/mol. The Labute approximate surface area is 176 Å². The first-order valence-corrected chi connectivity index (χ1v) is 9.56. The molecule has 1 saturated heterocycles. The van der Waals surface area contributed by atoms with Gasteiger partial charge in [0.1, 0.15) is 5.75 Å². The fourth-order valence-electron chi connectivity index (χ4n) is 3.46. The highest BCUT2D eigenvalue weighted by Crippen LogP contribution is 2.26. The molecule has 1 unspecified atom stereocenters. The number of ether oxygens (including phenoxy) is 1. The first-order chi connectivity index (χ1) is 13.7. The molecule has 2 heterocycles. The van der Waals surface area contributed by atoms with Gasteiger partial charge in [0, 0.05) is 18.2 Å². The van der Waals surface area contributed by atoms with Crippen molar-refractivity contribution in [2.75, 3.05) is 20.2 Å². The maximum absolute atomic E-state index is 12.8. The van der Waals surface area contributed by atoms with Gasteiger partial charge in [-0.2, -0.15) is 5.10 Å². The Morgan fingerprint density at radius 3 is 2.59 bits per heavy atom. The van der Waals surface area contributed by atoms with Gasteiger partial charge < -0.3 is 15.4 Å². The largest absolute Gasteiger partial charge is 0.497 e. The van der Waals surface area contributed by atoms with Crippen molar-refractivity contribution in [3.63, 3.8) is 0 Å². The molecule has 29 heavy (non-hydrogen) atoms. The van der Waals surface area contributed by atoms with Gasteiger partial charge in [0.25, 0.3) is 5.91 Å². The summed E-state index contributed by atoms with van der Waals surface area (Å²) in [6, 6.07) is 19.6.